The second kappa shape index (κ2) is 10.2. The molecule has 0 radical (unpaired) electrons. The predicted molar refractivity (Wildman–Crippen MR) is 131 cm³/mol. The molecule has 0 saturated heterocycles. The molecular weight excluding hydrogens is 480 g/mol. The maximum atomic E-state index is 14.0. The lowest BCUT2D eigenvalue weighted by Crippen LogP contribution is -2.39. The first-order valence-corrected chi connectivity index (χ1v) is 11.7. The third-order valence-electron chi connectivity index (χ3n) is 6.16. The van der Waals surface area contributed by atoms with Crippen LogP contribution < -0.4 is 10.1 Å². The summed E-state index contributed by atoms with van der Waals surface area (Å²) in [7, 11) is 0. The molecule has 2 amide bonds. The summed E-state index contributed by atoms with van der Waals surface area (Å²) < 4.78 is 38.3. The zero-order valence-electron chi connectivity index (χ0n) is 19.9. The molecule has 2 heterocycles. The smallest absolute Gasteiger partial charge is 0.277 e. The Bertz CT molecular complexity index is 1450. The Hall–Kier alpha value is -4.53. The largest absolute Gasteiger partial charge is 0.484 e. The van der Waals surface area contributed by atoms with Gasteiger partial charge in [-0.3, -0.25) is 9.59 Å². The van der Waals surface area contributed by atoms with E-state index in [0.29, 0.717) is 30.0 Å². The van der Waals surface area contributed by atoms with E-state index in [1.54, 1.807) is 17.0 Å². The van der Waals surface area contributed by atoms with Crippen LogP contribution in [0.2, 0.25) is 0 Å². The van der Waals surface area contributed by atoms with Crippen molar-refractivity contribution in [2.75, 3.05) is 11.9 Å². The van der Waals surface area contributed by atoms with Gasteiger partial charge in [-0.1, -0.05) is 18.2 Å². The Morgan fingerprint density at radius 3 is 2.65 bits per heavy atom. The molecule has 7 nitrogen and oxygen atoms in total. The Balaban J connectivity index is 1.32. The lowest BCUT2D eigenvalue weighted by Gasteiger charge is -2.37. The van der Waals surface area contributed by atoms with E-state index in [4.69, 9.17) is 9.15 Å². The first-order valence-electron chi connectivity index (χ1n) is 11.7. The van der Waals surface area contributed by atoms with Crippen LogP contribution in [0, 0.1) is 11.6 Å². The summed E-state index contributed by atoms with van der Waals surface area (Å²) >= 11 is 0. The van der Waals surface area contributed by atoms with Crippen LogP contribution in [0.5, 0.6) is 5.75 Å². The molecule has 0 spiro atoms. The van der Waals surface area contributed by atoms with E-state index in [0.717, 1.165) is 11.1 Å². The van der Waals surface area contributed by atoms with Gasteiger partial charge in [0.1, 0.15) is 23.6 Å². The number of hydrogen-bond donors (Lipinski definition) is 1. The van der Waals surface area contributed by atoms with E-state index >= 15 is 0 Å². The second-order valence-corrected chi connectivity index (χ2v) is 8.66. The van der Waals surface area contributed by atoms with Crippen molar-refractivity contribution in [2.45, 2.75) is 26.0 Å². The quantitative estimate of drug-likeness (QED) is 0.387. The fourth-order valence-electron chi connectivity index (χ4n) is 4.41. The van der Waals surface area contributed by atoms with Crippen LogP contribution in [0.3, 0.4) is 0 Å². The van der Waals surface area contributed by atoms with E-state index in [1.807, 2.05) is 18.2 Å². The Morgan fingerprint density at radius 2 is 1.89 bits per heavy atom. The average molecular weight is 504 g/mol. The zero-order valence-corrected chi connectivity index (χ0v) is 19.9. The van der Waals surface area contributed by atoms with Gasteiger partial charge in [-0.15, -0.1) is 0 Å². The third kappa shape index (κ3) is 5.35. The number of fused-ring (bicyclic) bond motifs is 1. The molecule has 1 unspecified atom stereocenters. The van der Waals surface area contributed by atoms with Gasteiger partial charge < -0.3 is 19.4 Å². The minimum Gasteiger partial charge on any atom is -0.484 e. The van der Waals surface area contributed by atoms with Crippen LogP contribution in [0.4, 0.5) is 14.5 Å². The number of nitrogens with one attached hydrogen (secondary N) is 1. The number of nitrogens with zero attached hydrogens (tertiary/aromatic N) is 2. The number of oxazole rings is 1. The Labute approximate surface area is 211 Å². The van der Waals surface area contributed by atoms with E-state index in [-0.39, 0.29) is 29.9 Å². The minimum atomic E-state index is -0.502. The molecule has 1 N–H and O–H groups in total. The summed E-state index contributed by atoms with van der Waals surface area (Å²) in [6.45, 7) is 2.00. The number of anilines is 1. The summed E-state index contributed by atoms with van der Waals surface area (Å²) in [6.07, 6.45) is 1.89. The molecule has 188 valence electrons. The summed E-state index contributed by atoms with van der Waals surface area (Å²) in [5.41, 5.74) is 3.06. The number of amides is 2. The van der Waals surface area contributed by atoms with Crippen LogP contribution in [-0.4, -0.2) is 28.2 Å². The highest BCUT2D eigenvalue weighted by molar-refractivity contribution is 6.02. The minimum absolute atomic E-state index is 0.0380. The summed E-state index contributed by atoms with van der Waals surface area (Å²) in [5.74, 6) is -0.675. The van der Waals surface area contributed by atoms with Gasteiger partial charge in [0.15, 0.2) is 12.3 Å². The maximum Gasteiger partial charge on any atom is 0.277 e. The van der Waals surface area contributed by atoms with Crippen molar-refractivity contribution in [3.8, 4) is 5.75 Å². The fourth-order valence-corrected chi connectivity index (χ4v) is 4.41. The second-order valence-electron chi connectivity index (χ2n) is 8.66. The van der Waals surface area contributed by atoms with Gasteiger partial charge in [0.25, 0.3) is 5.91 Å². The maximum absolute atomic E-state index is 14.0. The number of ether oxygens (including phenoxy) is 1. The van der Waals surface area contributed by atoms with Gasteiger partial charge in [-0.25, -0.2) is 13.8 Å². The highest BCUT2D eigenvalue weighted by atomic mass is 19.1. The molecular formula is C28H23F2N3O4. The lowest BCUT2D eigenvalue weighted by atomic mass is 9.88. The monoisotopic (exact) mass is 503 g/mol. The molecule has 0 saturated carbocycles. The molecule has 37 heavy (non-hydrogen) atoms. The summed E-state index contributed by atoms with van der Waals surface area (Å²) in [6, 6.07) is 16.8. The van der Waals surface area contributed by atoms with Crippen molar-refractivity contribution in [3.05, 3.63) is 113 Å². The van der Waals surface area contributed by atoms with Crippen LogP contribution in [0.15, 0.2) is 77.4 Å². The van der Waals surface area contributed by atoms with Gasteiger partial charge >= 0.3 is 0 Å². The Morgan fingerprint density at radius 1 is 1.08 bits per heavy atom. The standard InChI is InChI=1S/C28H23F2N3O4/c1-17(34)33-12-11-18-5-10-23(14-24(18)27(33)19-3-2-4-21(30)13-19)36-16-26-32-25(15-37-26)28(35)31-22-8-6-20(29)7-9-22/h2-10,13-15,27H,11-12,16H2,1H3,(H,31,35). The van der Waals surface area contributed by atoms with Crippen LogP contribution in [0.1, 0.15) is 46.0 Å². The highest BCUT2D eigenvalue weighted by Gasteiger charge is 2.31. The number of benzene rings is 3. The van der Waals surface area contributed by atoms with E-state index in [9.17, 15) is 18.4 Å². The van der Waals surface area contributed by atoms with Crippen molar-refractivity contribution in [1.82, 2.24) is 9.88 Å². The fraction of sp³-hybridized carbons (Fsp3) is 0.179. The van der Waals surface area contributed by atoms with Crippen LogP contribution in [0.25, 0.3) is 0 Å². The first kappa shape index (κ1) is 24.2. The molecule has 0 aliphatic carbocycles. The van der Waals surface area contributed by atoms with Gasteiger partial charge in [0.2, 0.25) is 11.8 Å². The molecule has 3 aromatic carbocycles. The van der Waals surface area contributed by atoms with Crippen molar-refractivity contribution >= 4 is 17.5 Å². The number of carbonyl (C=O) groups is 2. The topological polar surface area (TPSA) is 84.7 Å². The molecule has 1 aromatic heterocycles. The predicted octanol–water partition coefficient (Wildman–Crippen LogP) is 5.28. The van der Waals surface area contributed by atoms with Gasteiger partial charge in [-0.05, 0) is 71.6 Å². The number of halogens is 2. The van der Waals surface area contributed by atoms with Crippen LogP contribution in [-0.2, 0) is 17.8 Å². The number of carbonyl (C=O) groups excluding carboxylic acids is 2. The van der Waals surface area contributed by atoms with Crippen molar-refractivity contribution in [3.63, 3.8) is 0 Å². The first-order chi connectivity index (χ1) is 17.9. The number of rotatable bonds is 6. The normalized spacial score (nSPS) is 14.7. The molecule has 4 aromatic rings. The number of hydrogen-bond acceptors (Lipinski definition) is 5. The van der Waals surface area contributed by atoms with Gasteiger partial charge in [0.05, 0.1) is 6.04 Å². The molecule has 0 bridgehead atoms. The molecule has 1 aliphatic rings. The summed E-state index contributed by atoms with van der Waals surface area (Å²) in [4.78, 5) is 30.7. The summed E-state index contributed by atoms with van der Waals surface area (Å²) in [5, 5.41) is 2.62. The van der Waals surface area contributed by atoms with Crippen LogP contribution >= 0.6 is 0 Å². The van der Waals surface area contributed by atoms with Crippen molar-refractivity contribution in [1.29, 1.82) is 0 Å². The zero-order chi connectivity index (χ0) is 25.9. The van der Waals surface area contributed by atoms with E-state index < -0.39 is 17.8 Å². The highest BCUT2D eigenvalue weighted by Crippen LogP contribution is 2.37. The van der Waals surface area contributed by atoms with Crippen molar-refractivity contribution < 1.29 is 27.5 Å². The van der Waals surface area contributed by atoms with E-state index in [1.165, 1.54) is 49.6 Å². The van der Waals surface area contributed by atoms with Gasteiger partial charge in [-0.2, -0.15) is 0 Å². The van der Waals surface area contributed by atoms with Crippen molar-refractivity contribution in [2.24, 2.45) is 0 Å². The van der Waals surface area contributed by atoms with Gasteiger partial charge in [0, 0.05) is 19.2 Å². The SMILES string of the molecule is CC(=O)N1CCc2ccc(OCc3nc(C(=O)Nc4ccc(F)cc4)co3)cc2C1c1cccc(F)c1. The lowest BCUT2D eigenvalue weighted by molar-refractivity contribution is -0.130. The van der Waals surface area contributed by atoms with E-state index in [2.05, 4.69) is 10.3 Å². The molecule has 9 heteroatoms. The molecule has 1 aliphatic heterocycles. The average Bonchev–Trinajstić information content (AvgIpc) is 3.37. The number of aromatic nitrogens is 1. The molecule has 1 atom stereocenters. The third-order valence-corrected chi connectivity index (χ3v) is 6.16. The molecule has 0 fully saturated rings. The Kier molecular flexibility index (Phi) is 6.68. The molecule has 5 rings (SSSR count).